The van der Waals surface area contributed by atoms with Gasteiger partial charge in [-0.15, -0.1) is 0 Å². The van der Waals surface area contributed by atoms with E-state index in [4.69, 9.17) is 0 Å². The van der Waals surface area contributed by atoms with Crippen LogP contribution >= 0.6 is 0 Å². The van der Waals surface area contributed by atoms with Gasteiger partial charge in [-0.3, -0.25) is 14.6 Å². The van der Waals surface area contributed by atoms with Crippen LogP contribution in [-0.2, 0) is 16.6 Å². The molecule has 0 aliphatic carbocycles. The molecule has 0 amide bonds. The first-order valence-electron chi connectivity index (χ1n) is 7.31. The van der Waals surface area contributed by atoms with Gasteiger partial charge in [0.2, 0.25) is 10.0 Å². The summed E-state index contributed by atoms with van der Waals surface area (Å²) in [5.74, 6) is 0. The molecule has 0 aromatic carbocycles. The van der Waals surface area contributed by atoms with Crippen molar-refractivity contribution in [2.45, 2.75) is 32.4 Å². The van der Waals surface area contributed by atoms with Crippen LogP contribution in [-0.4, -0.2) is 45.3 Å². The second-order valence-corrected chi connectivity index (χ2v) is 7.33. The Morgan fingerprint density at radius 2 is 2.14 bits per heavy atom. The molecule has 3 rings (SSSR count). The summed E-state index contributed by atoms with van der Waals surface area (Å²) in [6, 6.07) is 1.69. The third kappa shape index (κ3) is 2.76. The van der Waals surface area contributed by atoms with E-state index in [1.165, 1.54) is 10.6 Å². The van der Waals surface area contributed by atoms with E-state index in [0.717, 1.165) is 30.8 Å². The number of nitrogens with zero attached hydrogens (tertiary/aromatic N) is 5. The number of aromatic nitrogens is 4. The first-order valence-corrected chi connectivity index (χ1v) is 9.16. The molecule has 1 atom stereocenters. The van der Waals surface area contributed by atoms with Crippen LogP contribution in [0.3, 0.4) is 0 Å². The van der Waals surface area contributed by atoms with Gasteiger partial charge in [-0.2, -0.15) is 9.40 Å². The Bertz CT molecular complexity index is 754. The molecule has 0 unspecified atom stereocenters. The van der Waals surface area contributed by atoms with Crippen LogP contribution in [0.25, 0.3) is 11.4 Å². The van der Waals surface area contributed by atoms with Crippen LogP contribution in [0.1, 0.15) is 31.5 Å². The second-order valence-electron chi connectivity index (χ2n) is 5.39. The number of rotatable bonds is 4. The van der Waals surface area contributed by atoms with E-state index in [9.17, 15) is 8.42 Å². The van der Waals surface area contributed by atoms with Gasteiger partial charge in [-0.25, -0.2) is 8.42 Å². The first-order chi connectivity index (χ1) is 10.5. The number of hydrogen-bond donors (Lipinski definition) is 0. The maximum Gasteiger partial charge on any atom is 0.211 e. The van der Waals surface area contributed by atoms with Gasteiger partial charge in [0.1, 0.15) is 5.69 Å². The highest BCUT2D eigenvalue weighted by Crippen LogP contribution is 2.32. The van der Waals surface area contributed by atoms with E-state index in [1.807, 2.05) is 17.7 Å². The maximum atomic E-state index is 11.8. The topological polar surface area (TPSA) is 81.0 Å². The average Bonchev–Trinajstić information content (AvgIpc) is 3.15. The minimum atomic E-state index is -3.21. The Balaban J connectivity index is 1.89. The number of aryl methyl sites for hydroxylation is 1. The van der Waals surface area contributed by atoms with Gasteiger partial charge < -0.3 is 0 Å². The highest BCUT2D eigenvalue weighted by atomic mass is 32.2. The van der Waals surface area contributed by atoms with E-state index in [1.54, 1.807) is 18.6 Å². The average molecular weight is 321 g/mol. The molecule has 1 fully saturated rings. The lowest BCUT2D eigenvalue weighted by molar-refractivity contribution is 0.393. The Morgan fingerprint density at radius 1 is 1.32 bits per heavy atom. The first kappa shape index (κ1) is 15.1. The molecule has 8 heteroatoms. The van der Waals surface area contributed by atoms with Gasteiger partial charge in [0.25, 0.3) is 0 Å². The van der Waals surface area contributed by atoms with Gasteiger partial charge in [0.05, 0.1) is 36.1 Å². The van der Waals surface area contributed by atoms with Crippen molar-refractivity contribution in [1.82, 2.24) is 24.1 Å². The lowest BCUT2D eigenvalue weighted by Gasteiger charge is -2.21. The highest BCUT2D eigenvalue weighted by Gasteiger charge is 2.33. The van der Waals surface area contributed by atoms with E-state index in [0.29, 0.717) is 12.2 Å². The summed E-state index contributed by atoms with van der Waals surface area (Å²) in [5, 5.41) is 4.22. The van der Waals surface area contributed by atoms with Gasteiger partial charge in [-0.1, -0.05) is 0 Å². The zero-order valence-corrected chi connectivity index (χ0v) is 13.5. The van der Waals surface area contributed by atoms with Crippen LogP contribution in [0.2, 0.25) is 0 Å². The molecule has 1 aliphatic rings. The zero-order chi connectivity index (χ0) is 15.7. The lowest BCUT2D eigenvalue weighted by Crippen LogP contribution is -2.30. The normalized spacial score (nSPS) is 19.6. The molecule has 0 saturated carbocycles. The summed E-state index contributed by atoms with van der Waals surface area (Å²) in [7, 11) is -3.21. The van der Waals surface area contributed by atoms with Crippen molar-refractivity contribution in [2.75, 3.05) is 12.8 Å². The van der Waals surface area contributed by atoms with Crippen LogP contribution < -0.4 is 0 Å². The van der Waals surface area contributed by atoms with Crippen molar-refractivity contribution >= 4 is 10.0 Å². The predicted molar refractivity (Wildman–Crippen MR) is 82.5 cm³/mol. The van der Waals surface area contributed by atoms with E-state index in [-0.39, 0.29) is 6.04 Å². The fourth-order valence-corrected chi connectivity index (χ4v) is 4.01. The minimum absolute atomic E-state index is 0.201. The van der Waals surface area contributed by atoms with E-state index in [2.05, 4.69) is 15.1 Å². The molecule has 0 bridgehead atoms. The summed E-state index contributed by atoms with van der Waals surface area (Å²) in [5.41, 5.74) is 2.36. The summed E-state index contributed by atoms with van der Waals surface area (Å²) >= 11 is 0. The van der Waals surface area contributed by atoms with Crippen molar-refractivity contribution in [3.63, 3.8) is 0 Å². The zero-order valence-electron chi connectivity index (χ0n) is 12.7. The molecule has 3 heterocycles. The molecule has 22 heavy (non-hydrogen) atoms. The third-order valence-electron chi connectivity index (χ3n) is 3.92. The third-order valence-corrected chi connectivity index (χ3v) is 5.21. The Hall–Kier alpha value is -1.80. The van der Waals surface area contributed by atoms with E-state index >= 15 is 0 Å². The number of hydrogen-bond acceptors (Lipinski definition) is 5. The van der Waals surface area contributed by atoms with Gasteiger partial charge in [0, 0.05) is 19.3 Å². The molecule has 0 N–H and O–H groups in total. The van der Waals surface area contributed by atoms with Crippen molar-refractivity contribution in [3.05, 3.63) is 30.4 Å². The summed E-state index contributed by atoms with van der Waals surface area (Å²) in [6.07, 6.45) is 7.98. The van der Waals surface area contributed by atoms with Crippen LogP contribution in [0, 0.1) is 0 Å². The second kappa shape index (κ2) is 5.77. The fourth-order valence-electron chi connectivity index (χ4n) is 2.88. The summed E-state index contributed by atoms with van der Waals surface area (Å²) < 4.78 is 27.0. The Labute approximate surface area is 130 Å². The summed E-state index contributed by atoms with van der Waals surface area (Å²) in [6.45, 7) is 3.33. The Morgan fingerprint density at radius 3 is 2.77 bits per heavy atom. The standard InChI is InChI=1S/C14H19N5O2S/c1-3-18-13(6-7-17-18)11-9-16-12(10-15-11)14-5-4-8-19(14)22(2,20)21/h6-7,9-10,14H,3-5,8H2,1-2H3/t14-/m1/s1. The largest absolute Gasteiger partial charge is 0.264 e. The molecule has 0 radical (unpaired) electrons. The smallest absolute Gasteiger partial charge is 0.211 e. The maximum absolute atomic E-state index is 11.8. The molecule has 118 valence electrons. The summed E-state index contributed by atoms with van der Waals surface area (Å²) in [4.78, 5) is 8.89. The molecule has 0 spiro atoms. The molecular weight excluding hydrogens is 302 g/mol. The minimum Gasteiger partial charge on any atom is -0.264 e. The van der Waals surface area contributed by atoms with Crippen molar-refractivity contribution in [3.8, 4) is 11.4 Å². The molecular formula is C14H19N5O2S. The molecule has 7 nitrogen and oxygen atoms in total. The van der Waals surface area contributed by atoms with Crippen LogP contribution in [0.4, 0.5) is 0 Å². The van der Waals surface area contributed by atoms with Gasteiger partial charge in [0.15, 0.2) is 0 Å². The number of sulfonamides is 1. The predicted octanol–water partition coefficient (Wildman–Crippen LogP) is 1.46. The van der Waals surface area contributed by atoms with Crippen LogP contribution in [0.5, 0.6) is 0 Å². The van der Waals surface area contributed by atoms with Crippen LogP contribution in [0.15, 0.2) is 24.7 Å². The highest BCUT2D eigenvalue weighted by molar-refractivity contribution is 7.88. The van der Waals surface area contributed by atoms with Gasteiger partial charge in [-0.05, 0) is 25.8 Å². The molecule has 1 saturated heterocycles. The van der Waals surface area contributed by atoms with Crippen molar-refractivity contribution in [2.24, 2.45) is 0 Å². The van der Waals surface area contributed by atoms with E-state index < -0.39 is 10.0 Å². The quantitative estimate of drug-likeness (QED) is 0.851. The SMILES string of the molecule is CCn1nccc1-c1cnc([C@H]2CCCN2S(C)(=O)=O)cn1. The van der Waals surface area contributed by atoms with Crippen molar-refractivity contribution in [1.29, 1.82) is 0 Å². The lowest BCUT2D eigenvalue weighted by atomic mass is 10.1. The fraction of sp³-hybridized carbons (Fsp3) is 0.500. The molecule has 2 aromatic heterocycles. The van der Waals surface area contributed by atoms with Crippen molar-refractivity contribution < 1.29 is 8.42 Å². The molecule has 1 aliphatic heterocycles. The monoisotopic (exact) mass is 321 g/mol. The Kier molecular flexibility index (Phi) is 3.96. The molecule has 2 aromatic rings. The van der Waals surface area contributed by atoms with Gasteiger partial charge >= 0.3 is 0 Å².